The van der Waals surface area contributed by atoms with Crippen molar-refractivity contribution in [1.29, 1.82) is 0 Å². The van der Waals surface area contributed by atoms with Crippen LogP contribution in [0.2, 0.25) is 0 Å². The minimum Gasteiger partial charge on any atom is -0.481 e. The molecule has 1 aromatic carbocycles. The number of hydrogen-bond acceptors (Lipinski definition) is 3. The molecule has 5 nitrogen and oxygen atoms in total. The lowest BCUT2D eigenvalue weighted by molar-refractivity contribution is -0.159. The molecule has 1 rings (SSSR count). The quantitative estimate of drug-likeness (QED) is 0.650. The molecule has 0 radical (unpaired) electrons. The number of carbonyl (C=O) groups is 2. The van der Waals surface area contributed by atoms with E-state index in [2.05, 4.69) is 0 Å². The van der Waals surface area contributed by atoms with Crippen molar-refractivity contribution in [3.8, 4) is 0 Å². The number of alkyl halides is 6. The second-order valence-electron chi connectivity index (χ2n) is 5.70. The highest BCUT2D eigenvalue weighted by Crippen LogP contribution is 2.38. The zero-order valence-electron chi connectivity index (χ0n) is 13.1. The number of aliphatic carboxylic acids is 2. The van der Waals surface area contributed by atoms with Crippen LogP contribution < -0.4 is 0 Å². The molecule has 0 bridgehead atoms. The number of aliphatic hydroxyl groups excluding tert-OH is 1. The normalized spacial score (nSPS) is 16.0. The van der Waals surface area contributed by atoms with Gasteiger partial charge in [0.2, 0.25) is 0 Å². The molecule has 3 atom stereocenters. The maximum Gasteiger partial charge on any atom is 0.416 e. The van der Waals surface area contributed by atoms with Crippen molar-refractivity contribution < 1.29 is 51.3 Å². The Morgan fingerprint density at radius 1 is 0.923 bits per heavy atom. The first kappa shape index (κ1) is 21.7. The Bertz CT molecular complexity index is 650. The Labute approximate surface area is 142 Å². The van der Waals surface area contributed by atoms with Gasteiger partial charge in [0, 0.05) is 0 Å². The predicted octanol–water partition coefficient (Wildman–Crippen LogP) is 3.36. The third-order valence-corrected chi connectivity index (χ3v) is 3.74. The van der Waals surface area contributed by atoms with E-state index in [-0.39, 0.29) is 6.07 Å². The molecule has 146 valence electrons. The van der Waals surface area contributed by atoms with Gasteiger partial charge in [0.1, 0.15) is 0 Å². The van der Waals surface area contributed by atoms with Crippen molar-refractivity contribution in [3.63, 3.8) is 0 Å². The first-order valence-corrected chi connectivity index (χ1v) is 7.07. The molecule has 0 aliphatic heterocycles. The highest BCUT2D eigenvalue weighted by molar-refractivity contribution is 5.81. The molecule has 1 aromatic rings. The Kier molecular flexibility index (Phi) is 6.29. The molecule has 0 heterocycles. The molecular formula is C15H14F6O5. The highest BCUT2D eigenvalue weighted by atomic mass is 19.4. The van der Waals surface area contributed by atoms with Gasteiger partial charge in [-0.3, -0.25) is 4.79 Å². The van der Waals surface area contributed by atoms with Gasteiger partial charge in [-0.1, -0.05) is 6.92 Å². The van der Waals surface area contributed by atoms with E-state index in [1.54, 1.807) is 0 Å². The lowest BCUT2D eigenvalue weighted by atomic mass is 9.85. The SMILES string of the molecule is C[C@H](CC(C(=O)O)[C@@H](O)C(=O)O)c1cc(C(F)(F)F)cc(C(F)(F)F)c1. The van der Waals surface area contributed by atoms with Gasteiger partial charge >= 0.3 is 24.3 Å². The Balaban J connectivity index is 3.31. The third kappa shape index (κ3) is 5.35. The van der Waals surface area contributed by atoms with Crippen molar-refractivity contribution in [2.75, 3.05) is 0 Å². The molecule has 1 unspecified atom stereocenters. The van der Waals surface area contributed by atoms with Crippen LogP contribution in [0.5, 0.6) is 0 Å². The molecule has 0 aromatic heterocycles. The monoisotopic (exact) mass is 388 g/mol. The largest absolute Gasteiger partial charge is 0.481 e. The van der Waals surface area contributed by atoms with Crippen LogP contribution in [-0.4, -0.2) is 33.4 Å². The van der Waals surface area contributed by atoms with Crippen molar-refractivity contribution >= 4 is 11.9 Å². The summed E-state index contributed by atoms with van der Waals surface area (Å²) in [6.07, 6.45) is -13.2. The summed E-state index contributed by atoms with van der Waals surface area (Å²) in [4.78, 5) is 21.8. The Hall–Kier alpha value is -2.30. The minimum atomic E-state index is -5.07. The molecule has 26 heavy (non-hydrogen) atoms. The van der Waals surface area contributed by atoms with Gasteiger partial charge < -0.3 is 15.3 Å². The lowest BCUT2D eigenvalue weighted by Gasteiger charge is -2.22. The molecule has 0 amide bonds. The second-order valence-corrected chi connectivity index (χ2v) is 5.70. The van der Waals surface area contributed by atoms with Gasteiger partial charge in [-0.05, 0) is 36.1 Å². The Morgan fingerprint density at radius 2 is 1.35 bits per heavy atom. The van der Waals surface area contributed by atoms with Gasteiger partial charge in [0.25, 0.3) is 0 Å². The summed E-state index contributed by atoms with van der Waals surface area (Å²) in [5.74, 6) is -6.72. The maximum atomic E-state index is 12.8. The maximum absolute atomic E-state index is 12.8. The van der Waals surface area contributed by atoms with Crippen LogP contribution in [0.1, 0.15) is 36.0 Å². The fourth-order valence-electron chi connectivity index (χ4n) is 2.32. The second kappa shape index (κ2) is 7.52. The van der Waals surface area contributed by atoms with E-state index in [9.17, 15) is 41.0 Å². The minimum absolute atomic E-state index is 0.0724. The zero-order valence-corrected chi connectivity index (χ0v) is 13.1. The van der Waals surface area contributed by atoms with Crippen LogP contribution in [0.3, 0.4) is 0 Å². The van der Waals surface area contributed by atoms with Gasteiger partial charge in [0.05, 0.1) is 17.0 Å². The number of benzene rings is 1. The van der Waals surface area contributed by atoms with Crippen LogP contribution in [0.15, 0.2) is 18.2 Å². The standard InChI is InChI=1S/C15H14F6O5/c1-6(2-10(12(23)24)11(22)13(25)26)7-3-8(14(16,17)18)5-9(4-7)15(19,20)21/h3-6,10-11,22H,2H2,1H3,(H,23,24)(H,25,26)/t6-,10?,11-/m1/s1. The van der Waals surface area contributed by atoms with E-state index in [0.29, 0.717) is 12.1 Å². The highest BCUT2D eigenvalue weighted by Gasteiger charge is 2.38. The molecule has 0 fully saturated rings. The van der Waals surface area contributed by atoms with E-state index in [1.165, 1.54) is 0 Å². The average Bonchev–Trinajstić information content (AvgIpc) is 2.49. The fourth-order valence-corrected chi connectivity index (χ4v) is 2.32. The summed E-state index contributed by atoms with van der Waals surface area (Å²) >= 11 is 0. The van der Waals surface area contributed by atoms with Gasteiger partial charge in [-0.25, -0.2) is 4.79 Å². The van der Waals surface area contributed by atoms with E-state index in [0.717, 1.165) is 6.92 Å². The average molecular weight is 388 g/mol. The number of hydrogen-bond donors (Lipinski definition) is 3. The summed E-state index contributed by atoms with van der Waals surface area (Å²) in [6.45, 7) is 1.14. The number of halogens is 6. The van der Waals surface area contributed by atoms with Crippen LogP contribution in [0, 0.1) is 5.92 Å². The number of carboxylic acid groups (broad SMARTS) is 2. The molecule has 0 aliphatic rings. The van der Waals surface area contributed by atoms with Crippen LogP contribution in [0.4, 0.5) is 26.3 Å². The van der Waals surface area contributed by atoms with Crippen LogP contribution in [0.25, 0.3) is 0 Å². The van der Waals surface area contributed by atoms with Gasteiger partial charge in [0.15, 0.2) is 6.10 Å². The third-order valence-electron chi connectivity index (χ3n) is 3.74. The smallest absolute Gasteiger partial charge is 0.416 e. The van der Waals surface area contributed by atoms with E-state index in [1.807, 2.05) is 0 Å². The summed E-state index contributed by atoms with van der Waals surface area (Å²) < 4.78 is 77.1. The van der Waals surface area contributed by atoms with E-state index in [4.69, 9.17) is 10.2 Å². The molecule has 0 saturated carbocycles. The lowest BCUT2D eigenvalue weighted by Crippen LogP contribution is -2.35. The first-order chi connectivity index (χ1) is 11.6. The van der Waals surface area contributed by atoms with Crippen LogP contribution in [-0.2, 0) is 21.9 Å². The number of aliphatic hydroxyl groups is 1. The number of rotatable bonds is 6. The topological polar surface area (TPSA) is 94.8 Å². The fraction of sp³-hybridized carbons (Fsp3) is 0.467. The summed E-state index contributed by atoms with van der Waals surface area (Å²) in [5, 5.41) is 27.0. The summed E-state index contributed by atoms with van der Waals surface area (Å²) in [5.41, 5.74) is -3.62. The predicted molar refractivity (Wildman–Crippen MR) is 74.2 cm³/mol. The molecule has 11 heteroatoms. The summed E-state index contributed by atoms with van der Waals surface area (Å²) in [6, 6.07) is 0.801. The molecule has 0 aliphatic carbocycles. The van der Waals surface area contributed by atoms with Crippen molar-refractivity contribution in [1.82, 2.24) is 0 Å². The molecular weight excluding hydrogens is 374 g/mol. The van der Waals surface area contributed by atoms with Gasteiger partial charge in [-0.15, -0.1) is 0 Å². The van der Waals surface area contributed by atoms with Crippen molar-refractivity contribution in [2.24, 2.45) is 5.92 Å². The number of carboxylic acids is 2. The summed E-state index contributed by atoms with van der Waals surface area (Å²) in [7, 11) is 0. The molecule has 0 saturated heterocycles. The van der Waals surface area contributed by atoms with Gasteiger partial charge in [-0.2, -0.15) is 26.3 Å². The van der Waals surface area contributed by atoms with E-state index < -0.39 is 65.3 Å². The first-order valence-electron chi connectivity index (χ1n) is 7.07. The molecule has 3 N–H and O–H groups in total. The zero-order chi connectivity index (χ0) is 20.4. The van der Waals surface area contributed by atoms with Crippen molar-refractivity contribution in [3.05, 3.63) is 34.9 Å². The van der Waals surface area contributed by atoms with Crippen LogP contribution >= 0.6 is 0 Å². The van der Waals surface area contributed by atoms with E-state index >= 15 is 0 Å². The molecule has 0 spiro atoms. The Morgan fingerprint density at radius 3 is 1.65 bits per heavy atom. The van der Waals surface area contributed by atoms with Crippen molar-refractivity contribution in [2.45, 2.75) is 37.7 Å².